The zero-order chi connectivity index (χ0) is 14.8. The molecule has 3 nitrogen and oxygen atoms in total. The van der Waals surface area contributed by atoms with Gasteiger partial charge in [0.05, 0.1) is 0 Å². The molecule has 2 unspecified atom stereocenters. The van der Waals surface area contributed by atoms with Crippen LogP contribution in [0, 0.1) is 11.3 Å². The lowest BCUT2D eigenvalue weighted by molar-refractivity contribution is -0.153. The molecule has 1 saturated carbocycles. The molecule has 3 heteroatoms. The van der Waals surface area contributed by atoms with Crippen molar-refractivity contribution in [2.75, 3.05) is 6.54 Å². The van der Waals surface area contributed by atoms with Gasteiger partial charge in [-0.05, 0) is 44.6 Å². The van der Waals surface area contributed by atoms with Crippen LogP contribution in [0.2, 0.25) is 0 Å². The monoisotopic (exact) mass is 269 g/mol. The van der Waals surface area contributed by atoms with Crippen molar-refractivity contribution in [2.45, 2.75) is 78.8 Å². The highest BCUT2D eigenvalue weighted by atomic mass is 16.4. The normalized spacial score (nSPS) is 25.6. The maximum atomic E-state index is 11.6. The predicted molar refractivity (Wildman–Crippen MR) is 79.3 cm³/mol. The first kappa shape index (κ1) is 16.5. The van der Waals surface area contributed by atoms with E-state index in [1.165, 1.54) is 19.3 Å². The van der Waals surface area contributed by atoms with Crippen LogP contribution < -0.4 is 0 Å². The Bertz CT molecular complexity index is 317. The first-order chi connectivity index (χ1) is 8.62. The van der Waals surface area contributed by atoms with E-state index in [-0.39, 0.29) is 5.41 Å². The summed E-state index contributed by atoms with van der Waals surface area (Å²) in [5.41, 5.74) is -0.534. The number of carbonyl (C=O) groups is 1. The van der Waals surface area contributed by atoms with E-state index in [1.807, 2.05) is 13.8 Å². The standard InChI is InChI=1S/C16H31NO2/c1-7-17(16(5,6)14(18)19)13-11-9-8-10-12(13)15(2,3)4/h12-13H,7-11H2,1-6H3,(H,18,19). The van der Waals surface area contributed by atoms with Crippen LogP contribution in [-0.2, 0) is 4.79 Å². The van der Waals surface area contributed by atoms with Gasteiger partial charge in [0.1, 0.15) is 5.54 Å². The molecule has 0 spiro atoms. The van der Waals surface area contributed by atoms with Crippen LogP contribution in [0.25, 0.3) is 0 Å². The fourth-order valence-corrected chi connectivity index (χ4v) is 3.66. The minimum absolute atomic E-state index is 0.243. The average molecular weight is 269 g/mol. The van der Waals surface area contributed by atoms with Crippen molar-refractivity contribution in [1.82, 2.24) is 4.90 Å². The zero-order valence-electron chi connectivity index (χ0n) is 13.5. The van der Waals surface area contributed by atoms with Crippen LogP contribution in [0.15, 0.2) is 0 Å². The number of rotatable bonds is 4. The second-order valence-electron chi connectivity index (χ2n) is 7.47. The lowest BCUT2D eigenvalue weighted by Gasteiger charge is -2.49. The first-order valence-electron chi connectivity index (χ1n) is 7.62. The Morgan fingerprint density at radius 3 is 2.11 bits per heavy atom. The van der Waals surface area contributed by atoms with E-state index in [1.54, 1.807) is 0 Å². The Hall–Kier alpha value is -0.570. The van der Waals surface area contributed by atoms with Crippen molar-refractivity contribution >= 4 is 5.97 Å². The van der Waals surface area contributed by atoms with Crippen LogP contribution in [-0.4, -0.2) is 34.1 Å². The second kappa shape index (κ2) is 5.82. The van der Waals surface area contributed by atoms with Crippen molar-refractivity contribution in [3.63, 3.8) is 0 Å². The highest BCUT2D eigenvalue weighted by Crippen LogP contribution is 2.42. The SMILES string of the molecule is CCN(C1CCCCC1C(C)(C)C)C(C)(C)C(=O)O. The van der Waals surface area contributed by atoms with Crippen LogP contribution in [0.4, 0.5) is 0 Å². The summed E-state index contributed by atoms with van der Waals surface area (Å²) < 4.78 is 0. The molecule has 112 valence electrons. The molecule has 1 rings (SSSR count). The van der Waals surface area contributed by atoms with Gasteiger partial charge in [-0.2, -0.15) is 0 Å². The Balaban J connectivity index is 3.04. The molecule has 1 aliphatic carbocycles. The average Bonchev–Trinajstić information content (AvgIpc) is 2.28. The van der Waals surface area contributed by atoms with E-state index in [2.05, 4.69) is 32.6 Å². The van der Waals surface area contributed by atoms with E-state index in [0.717, 1.165) is 13.0 Å². The summed E-state index contributed by atoms with van der Waals surface area (Å²) in [7, 11) is 0. The molecule has 0 aromatic carbocycles. The van der Waals surface area contributed by atoms with E-state index in [9.17, 15) is 9.90 Å². The molecule has 0 saturated heterocycles. The van der Waals surface area contributed by atoms with Gasteiger partial charge in [0.25, 0.3) is 0 Å². The van der Waals surface area contributed by atoms with E-state index < -0.39 is 11.5 Å². The molecule has 0 bridgehead atoms. The van der Waals surface area contributed by atoms with Crippen molar-refractivity contribution < 1.29 is 9.90 Å². The molecule has 1 aliphatic rings. The largest absolute Gasteiger partial charge is 0.480 e. The molecule has 0 heterocycles. The Labute approximate surface area is 118 Å². The highest BCUT2D eigenvalue weighted by Gasteiger charge is 2.44. The minimum atomic E-state index is -0.778. The van der Waals surface area contributed by atoms with Crippen LogP contribution in [0.1, 0.15) is 67.2 Å². The molecule has 0 aromatic rings. The number of aliphatic carboxylic acids is 1. The van der Waals surface area contributed by atoms with Gasteiger partial charge in [0.15, 0.2) is 0 Å². The highest BCUT2D eigenvalue weighted by molar-refractivity contribution is 5.77. The van der Waals surface area contributed by atoms with E-state index in [4.69, 9.17) is 0 Å². The molecular formula is C16H31NO2. The maximum absolute atomic E-state index is 11.6. The summed E-state index contributed by atoms with van der Waals surface area (Å²) >= 11 is 0. The molecular weight excluding hydrogens is 238 g/mol. The fourth-order valence-electron chi connectivity index (χ4n) is 3.66. The smallest absolute Gasteiger partial charge is 0.323 e. The number of hydrogen-bond donors (Lipinski definition) is 1. The molecule has 19 heavy (non-hydrogen) atoms. The third-order valence-electron chi connectivity index (χ3n) is 4.82. The Morgan fingerprint density at radius 1 is 1.16 bits per heavy atom. The van der Waals surface area contributed by atoms with E-state index in [0.29, 0.717) is 12.0 Å². The summed E-state index contributed by atoms with van der Waals surface area (Å²) in [5.74, 6) is -0.132. The summed E-state index contributed by atoms with van der Waals surface area (Å²) in [6.07, 6.45) is 4.86. The summed E-state index contributed by atoms with van der Waals surface area (Å²) in [6, 6.07) is 0.393. The third kappa shape index (κ3) is 3.50. The van der Waals surface area contributed by atoms with Gasteiger partial charge >= 0.3 is 5.97 Å². The van der Waals surface area contributed by atoms with Gasteiger partial charge in [-0.1, -0.05) is 40.5 Å². The summed E-state index contributed by atoms with van der Waals surface area (Å²) in [5, 5.41) is 9.52. The van der Waals surface area contributed by atoms with Gasteiger partial charge in [-0.15, -0.1) is 0 Å². The molecule has 0 aromatic heterocycles. The van der Waals surface area contributed by atoms with E-state index >= 15 is 0 Å². The molecule has 0 aliphatic heterocycles. The van der Waals surface area contributed by atoms with Crippen LogP contribution in [0.3, 0.4) is 0 Å². The van der Waals surface area contributed by atoms with Crippen molar-refractivity contribution in [1.29, 1.82) is 0 Å². The van der Waals surface area contributed by atoms with Crippen LogP contribution in [0.5, 0.6) is 0 Å². The molecule has 1 N–H and O–H groups in total. The van der Waals surface area contributed by atoms with Crippen molar-refractivity contribution in [2.24, 2.45) is 11.3 Å². The van der Waals surface area contributed by atoms with Crippen molar-refractivity contribution in [3.05, 3.63) is 0 Å². The van der Waals surface area contributed by atoms with Gasteiger partial charge in [-0.3, -0.25) is 9.69 Å². The second-order valence-corrected chi connectivity index (χ2v) is 7.47. The molecule has 2 atom stereocenters. The van der Waals surface area contributed by atoms with Gasteiger partial charge in [-0.25, -0.2) is 0 Å². The summed E-state index contributed by atoms with van der Waals surface area (Å²) in [6.45, 7) is 13.4. The Morgan fingerprint density at radius 2 is 1.68 bits per heavy atom. The van der Waals surface area contributed by atoms with Crippen LogP contribution >= 0.6 is 0 Å². The fraction of sp³-hybridized carbons (Fsp3) is 0.938. The van der Waals surface area contributed by atoms with Crippen molar-refractivity contribution in [3.8, 4) is 0 Å². The Kier molecular flexibility index (Phi) is 5.05. The number of carboxylic acid groups (broad SMARTS) is 1. The lowest BCUT2D eigenvalue weighted by Crippen LogP contribution is -2.58. The first-order valence-corrected chi connectivity index (χ1v) is 7.62. The predicted octanol–water partition coefficient (Wildman–Crippen LogP) is 3.78. The number of carboxylic acids is 1. The molecule has 0 amide bonds. The topological polar surface area (TPSA) is 40.5 Å². The number of likely N-dealkylation sites (N-methyl/N-ethyl adjacent to an activating group) is 1. The zero-order valence-corrected chi connectivity index (χ0v) is 13.5. The van der Waals surface area contributed by atoms with Gasteiger partial charge < -0.3 is 5.11 Å². The summed E-state index contributed by atoms with van der Waals surface area (Å²) in [4.78, 5) is 13.8. The van der Waals surface area contributed by atoms with Gasteiger partial charge in [0, 0.05) is 6.04 Å². The maximum Gasteiger partial charge on any atom is 0.323 e. The minimum Gasteiger partial charge on any atom is -0.480 e. The molecule has 1 fully saturated rings. The van der Waals surface area contributed by atoms with Gasteiger partial charge in [0.2, 0.25) is 0 Å². The molecule has 0 radical (unpaired) electrons. The third-order valence-corrected chi connectivity index (χ3v) is 4.82. The lowest BCUT2D eigenvalue weighted by atomic mass is 9.68. The number of hydrogen-bond acceptors (Lipinski definition) is 2. The number of nitrogens with zero attached hydrogens (tertiary/aromatic N) is 1. The quantitative estimate of drug-likeness (QED) is 0.844.